The average Bonchev–Trinajstić information content (AvgIpc) is 2.88. The summed E-state index contributed by atoms with van der Waals surface area (Å²) in [5.41, 5.74) is 1.15. The molecule has 1 atom stereocenters. The lowest BCUT2D eigenvalue weighted by molar-refractivity contribution is -0.140. The summed E-state index contributed by atoms with van der Waals surface area (Å²) < 4.78 is 43.3. The van der Waals surface area contributed by atoms with Crippen LogP contribution < -0.4 is 9.62 Å². The number of carbonyl (C=O) groups excluding carboxylic acids is 2. The molecule has 0 unspecified atom stereocenters. The van der Waals surface area contributed by atoms with E-state index in [1.807, 2.05) is 6.92 Å². The van der Waals surface area contributed by atoms with Crippen LogP contribution in [0.25, 0.3) is 0 Å². The van der Waals surface area contributed by atoms with Crippen molar-refractivity contribution in [3.8, 4) is 0 Å². The van der Waals surface area contributed by atoms with E-state index in [0.29, 0.717) is 10.6 Å². The van der Waals surface area contributed by atoms with Gasteiger partial charge in [0.1, 0.15) is 18.4 Å². The van der Waals surface area contributed by atoms with Crippen LogP contribution >= 0.6 is 11.6 Å². The average molecular weight is 574 g/mol. The van der Waals surface area contributed by atoms with E-state index in [2.05, 4.69) is 5.32 Å². The Morgan fingerprint density at radius 2 is 1.59 bits per heavy atom. The van der Waals surface area contributed by atoms with Gasteiger partial charge in [0.15, 0.2) is 0 Å². The first-order valence-electron chi connectivity index (χ1n) is 12.6. The molecule has 3 aromatic rings. The van der Waals surface area contributed by atoms with Crippen molar-refractivity contribution in [3.05, 3.63) is 94.8 Å². The zero-order valence-corrected chi connectivity index (χ0v) is 24.0. The lowest BCUT2D eigenvalue weighted by atomic mass is 10.1. The van der Waals surface area contributed by atoms with Crippen LogP contribution in [0.4, 0.5) is 10.1 Å². The molecule has 0 heterocycles. The Labute approximate surface area is 234 Å². The molecule has 39 heavy (non-hydrogen) atoms. The summed E-state index contributed by atoms with van der Waals surface area (Å²) in [5.74, 6) is -1.87. The van der Waals surface area contributed by atoms with Gasteiger partial charge in [0.25, 0.3) is 10.0 Å². The van der Waals surface area contributed by atoms with Crippen molar-refractivity contribution in [2.75, 3.05) is 10.8 Å². The molecule has 10 heteroatoms. The highest BCUT2D eigenvalue weighted by Gasteiger charge is 2.34. The van der Waals surface area contributed by atoms with Crippen LogP contribution in [0, 0.1) is 12.7 Å². The molecule has 3 aromatic carbocycles. The largest absolute Gasteiger partial charge is 0.352 e. The number of sulfonamides is 1. The van der Waals surface area contributed by atoms with Crippen molar-refractivity contribution >= 4 is 39.1 Å². The van der Waals surface area contributed by atoms with Crippen molar-refractivity contribution in [2.24, 2.45) is 0 Å². The first-order valence-corrected chi connectivity index (χ1v) is 14.4. The highest BCUT2D eigenvalue weighted by atomic mass is 35.5. The van der Waals surface area contributed by atoms with Crippen LogP contribution in [-0.4, -0.2) is 43.8 Å². The maximum absolute atomic E-state index is 15.0. The number of amides is 2. The topological polar surface area (TPSA) is 86.8 Å². The fraction of sp³-hybridized carbons (Fsp3) is 0.310. The second-order valence-corrected chi connectivity index (χ2v) is 11.7. The Balaban J connectivity index is 2.09. The van der Waals surface area contributed by atoms with Crippen molar-refractivity contribution in [1.82, 2.24) is 10.2 Å². The Kier molecular flexibility index (Phi) is 10.1. The smallest absolute Gasteiger partial charge is 0.264 e. The first-order chi connectivity index (χ1) is 18.4. The molecule has 0 spiro atoms. The van der Waals surface area contributed by atoms with Gasteiger partial charge in [-0.05, 0) is 63.1 Å². The summed E-state index contributed by atoms with van der Waals surface area (Å²) in [6.45, 7) is 6.41. The number of hydrogen-bond donors (Lipinski definition) is 1. The van der Waals surface area contributed by atoms with E-state index in [1.54, 1.807) is 57.2 Å². The van der Waals surface area contributed by atoms with Gasteiger partial charge in [-0.25, -0.2) is 12.8 Å². The van der Waals surface area contributed by atoms with Crippen molar-refractivity contribution in [1.29, 1.82) is 0 Å². The minimum atomic E-state index is -4.36. The van der Waals surface area contributed by atoms with Crippen molar-refractivity contribution in [3.63, 3.8) is 0 Å². The van der Waals surface area contributed by atoms with Gasteiger partial charge in [-0.2, -0.15) is 0 Å². The van der Waals surface area contributed by atoms with Crippen molar-refractivity contribution < 1.29 is 22.4 Å². The zero-order valence-electron chi connectivity index (χ0n) is 22.4. The monoisotopic (exact) mass is 573 g/mol. The van der Waals surface area contributed by atoms with Gasteiger partial charge < -0.3 is 10.2 Å². The maximum atomic E-state index is 15.0. The van der Waals surface area contributed by atoms with Crippen LogP contribution in [0.5, 0.6) is 0 Å². The summed E-state index contributed by atoms with van der Waals surface area (Å²) in [6, 6.07) is 17.2. The molecular weight excluding hydrogens is 541 g/mol. The van der Waals surface area contributed by atoms with Gasteiger partial charge in [-0.3, -0.25) is 13.9 Å². The van der Waals surface area contributed by atoms with E-state index in [0.717, 1.165) is 15.9 Å². The number of rotatable bonds is 11. The fourth-order valence-corrected chi connectivity index (χ4v) is 5.73. The first kappa shape index (κ1) is 30.1. The molecule has 1 N–H and O–H groups in total. The third-order valence-corrected chi connectivity index (χ3v) is 8.27. The van der Waals surface area contributed by atoms with Crippen LogP contribution in [0.15, 0.2) is 77.7 Å². The van der Waals surface area contributed by atoms with Crippen LogP contribution in [0.3, 0.4) is 0 Å². The second kappa shape index (κ2) is 13.1. The van der Waals surface area contributed by atoms with Gasteiger partial charge in [0, 0.05) is 17.6 Å². The predicted octanol–water partition coefficient (Wildman–Crippen LogP) is 5.31. The van der Waals surface area contributed by atoms with Crippen LogP contribution in [0.2, 0.25) is 5.02 Å². The molecule has 3 rings (SSSR count). The van der Waals surface area contributed by atoms with E-state index < -0.39 is 34.3 Å². The molecule has 0 aliphatic rings. The number of anilines is 1. The Morgan fingerprint density at radius 3 is 2.18 bits per heavy atom. The standard InChI is InChI=1S/C29H33ClFN3O4S/c1-5-26(29(36)32-20(2)3)33(18-22-10-6-7-11-24(22)30)28(35)19-34(27-13-9-8-12-25(27)31)39(37,38)23-16-14-21(4)15-17-23/h6-17,20,26H,5,18-19H2,1-4H3,(H,32,36)/t26-/m0/s1. The molecule has 0 aliphatic heterocycles. The van der Waals surface area contributed by atoms with E-state index in [4.69, 9.17) is 11.6 Å². The van der Waals surface area contributed by atoms with E-state index >= 15 is 0 Å². The molecule has 7 nitrogen and oxygen atoms in total. The number of nitrogens with one attached hydrogen (secondary N) is 1. The fourth-order valence-electron chi connectivity index (χ4n) is 4.12. The molecule has 0 bridgehead atoms. The number of para-hydroxylation sites is 1. The van der Waals surface area contributed by atoms with Gasteiger partial charge in [0.05, 0.1) is 10.6 Å². The maximum Gasteiger partial charge on any atom is 0.264 e. The molecule has 0 fully saturated rings. The minimum absolute atomic E-state index is 0.0434. The number of halogens is 2. The van der Waals surface area contributed by atoms with Crippen molar-refractivity contribution in [2.45, 2.75) is 57.6 Å². The van der Waals surface area contributed by atoms with Crippen LogP contribution in [-0.2, 0) is 26.2 Å². The predicted molar refractivity (Wildman–Crippen MR) is 151 cm³/mol. The number of nitrogens with zero attached hydrogens (tertiary/aromatic N) is 2. The van der Waals surface area contributed by atoms with Crippen LogP contribution in [0.1, 0.15) is 38.3 Å². The minimum Gasteiger partial charge on any atom is -0.352 e. The SMILES string of the molecule is CC[C@@H](C(=O)NC(C)C)N(Cc1ccccc1Cl)C(=O)CN(c1ccccc1F)S(=O)(=O)c1ccc(C)cc1. The molecule has 0 aromatic heterocycles. The quantitative estimate of drug-likeness (QED) is 0.337. The number of aryl methyl sites for hydroxylation is 1. The summed E-state index contributed by atoms with van der Waals surface area (Å²) in [7, 11) is -4.36. The number of carbonyl (C=O) groups is 2. The summed E-state index contributed by atoms with van der Waals surface area (Å²) in [6.07, 6.45) is 0.263. The normalized spacial score (nSPS) is 12.2. The number of benzene rings is 3. The van der Waals surface area contributed by atoms with Gasteiger partial charge in [-0.1, -0.05) is 66.6 Å². The van der Waals surface area contributed by atoms with E-state index in [9.17, 15) is 22.4 Å². The molecule has 0 saturated carbocycles. The Hall–Kier alpha value is -3.43. The Morgan fingerprint density at radius 1 is 0.974 bits per heavy atom. The lowest BCUT2D eigenvalue weighted by Crippen LogP contribution is -2.53. The summed E-state index contributed by atoms with van der Waals surface area (Å²) in [4.78, 5) is 28.3. The third kappa shape index (κ3) is 7.36. The van der Waals surface area contributed by atoms with Gasteiger partial charge in [0.2, 0.25) is 11.8 Å². The number of hydrogen-bond acceptors (Lipinski definition) is 4. The molecule has 2 amide bonds. The van der Waals surface area contributed by atoms with Gasteiger partial charge >= 0.3 is 0 Å². The molecular formula is C29H33ClFN3O4S. The van der Waals surface area contributed by atoms with E-state index in [1.165, 1.54) is 35.2 Å². The summed E-state index contributed by atoms with van der Waals surface area (Å²) >= 11 is 6.38. The molecule has 0 saturated heterocycles. The molecule has 0 aliphatic carbocycles. The van der Waals surface area contributed by atoms with E-state index in [-0.39, 0.29) is 35.5 Å². The molecule has 0 radical (unpaired) electrons. The Bertz CT molecular complexity index is 1410. The third-order valence-electron chi connectivity index (χ3n) is 6.12. The summed E-state index contributed by atoms with van der Waals surface area (Å²) in [5, 5.41) is 3.22. The molecule has 208 valence electrons. The zero-order chi connectivity index (χ0) is 28.7. The highest BCUT2D eigenvalue weighted by Crippen LogP contribution is 2.28. The van der Waals surface area contributed by atoms with Gasteiger partial charge in [-0.15, -0.1) is 0 Å². The second-order valence-electron chi connectivity index (χ2n) is 9.48. The lowest BCUT2D eigenvalue weighted by Gasteiger charge is -2.33. The highest BCUT2D eigenvalue weighted by molar-refractivity contribution is 7.92.